The Hall–Kier alpha value is -1.44. The first-order chi connectivity index (χ1) is 11.4. The van der Waals surface area contributed by atoms with Crippen LogP contribution in [0.3, 0.4) is 0 Å². The molecule has 0 aliphatic carbocycles. The van der Waals surface area contributed by atoms with E-state index in [4.69, 9.17) is 37.8 Å². The molecule has 0 amide bonds. The molecule has 0 fully saturated rings. The maximum Gasteiger partial charge on any atom is 0.328 e. The first kappa shape index (κ1) is 18.9. The van der Waals surface area contributed by atoms with Crippen molar-refractivity contribution >= 4 is 57.8 Å². The molecule has 0 bridgehead atoms. The molecule has 126 valence electrons. The van der Waals surface area contributed by atoms with Gasteiger partial charge in [-0.25, -0.2) is 4.79 Å². The van der Waals surface area contributed by atoms with Crippen molar-refractivity contribution < 1.29 is 19.4 Å². The quantitative estimate of drug-likeness (QED) is 0.453. The predicted octanol–water partition coefficient (Wildman–Crippen LogP) is 5.28. The van der Waals surface area contributed by atoms with E-state index >= 15 is 0 Å². The number of carboxylic acids is 1. The Morgan fingerprint density at radius 1 is 1.29 bits per heavy atom. The summed E-state index contributed by atoms with van der Waals surface area (Å²) in [6, 6.07) is 8.75. The molecular weight excluding hydrogens is 466 g/mol. The molecule has 0 spiro atoms. The normalized spacial score (nSPS) is 10.8. The van der Waals surface area contributed by atoms with E-state index in [1.807, 2.05) is 0 Å². The summed E-state index contributed by atoms with van der Waals surface area (Å²) in [6.07, 6.45) is 2.55. The molecule has 0 aromatic heterocycles. The maximum absolute atomic E-state index is 10.6. The highest BCUT2D eigenvalue weighted by atomic mass is 127. The molecule has 0 unspecified atom stereocenters. The Morgan fingerprint density at radius 2 is 1.96 bits per heavy atom. The van der Waals surface area contributed by atoms with Gasteiger partial charge in [0.1, 0.15) is 6.61 Å². The minimum Gasteiger partial charge on any atom is -0.493 e. The van der Waals surface area contributed by atoms with E-state index in [-0.39, 0.29) is 6.61 Å². The lowest BCUT2D eigenvalue weighted by molar-refractivity contribution is -0.131. The highest BCUT2D eigenvalue weighted by Crippen LogP contribution is 2.36. The molecule has 24 heavy (non-hydrogen) atoms. The van der Waals surface area contributed by atoms with Gasteiger partial charge >= 0.3 is 5.97 Å². The van der Waals surface area contributed by atoms with Crippen LogP contribution >= 0.6 is 45.8 Å². The maximum atomic E-state index is 10.6. The van der Waals surface area contributed by atoms with Crippen molar-refractivity contribution in [2.24, 2.45) is 0 Å². The SMILES string of the molecule is COc1cc(/C=C/C(=O)O)cc(I)c1OCc1c(Cl)cccc1Cl. The summed E-state index contributed by atoms with van der Waals surface area (Å²) >= 11 is 14.4. The van der Waals surface area contributed by atoms with Crippen LogP contribution in [-0.2, 0) is 11.4 Å². The minimum atomic E-state index is -1.02. The van der Waals surface area contributed by atoms with E-state index in [9.17, 15) is 4.79 Å². The molecular formula is C17H13Cl2IO4. The van der Waals surface area contributed by atoms with Crippen LogP contribution in [0.4, 0.5) is 0 Å². The van der Waals surface area contributed by atoms with E-state index in [0.29, 0.717) is 32.7 Å². The highest BCUT2D eigenvalue weighted by molar-refractivity contribution is 14.1. The lowest BCUT2D eigenvalue weighted by Gasteiger charge is -2.15. The Labute approximate surface area is 163 Å². The Balaban J connectivity index is 2.28. The third-order valence-electron chi connectivity index (χ3n) is 3.09. The zero-order valence-electron chi connectivity index (χ0n) is 12.6. The van der Waals surface area contributed by atoms with Crippen LogP contribution in [0.25, 0.3) is 6.08 Å². The summed E-state index contributed by atoms with van der Waals surface area (Å²) in [4.78, 5) is 10.6. The van der Waals surface area contributed by atoms with Gasteiger partial charge in [-0.15, -0.1) is 0 Å². The fourth-order valence-electron chi connectivity index (χ4n) is 1.96. The van der Waals surface area contributed by atoms with Crippen molar-refractivity contribution in [3.63, 3.8) is 0 Å². The number of carboxylic acid groups (broad SMARTS) is 1. The van der Waals surface area contributed by atoms with Gasteiger partial charge in [0.15, 0.2) is 11.5 Å². The lowest BCUT2D eigenvalue weighted by Crippen LogP contribution is -2.01. The van der Waals surface area contributed by atoms with E-state index in [1.54, 1.807) is 30.3 Å². The highest BCUT2D eigenvalue weighted by Gasteiger charge is 2.13. The molecule has 7 heteroatoms. The molecule has 4 nitrogen and oxygen atoms in total. The molecule has 0 radical (unpaired) electrons. The number of benzene rings is 2. The topological polar surface area (TPSA) is 55.8 Å². The van der Waals surface area contributed by atoms with Crippen molar-refractivity contribution in [3.8, 4) is 11.5 Å². The van der Waals surface area contributed by atoms with Crippen LogP contribution in [0.5, 0.6) is 11.5 Å². The zero-order valence-corrected chi connectivity index (χ0v) is 16.2. The van der Waals surface area contributed by atoms with E-state index in [1.165, 1.54) is 13.2 Å². The van der Waals surface area contributed by atoms with Crippen molar-refractivity contribution in [1.29, 1.82) is 0 Å². The first-order valence-corrected chi connectivity index (χ1v) is 8.60. The lowest BCUT2D eigenvalue weighted by atomic mass is 10.2. The molecule has 0 saturated heterocycles. The summed E-state index contributed by atoms with van der Waals surface area (Å²) < 4.78 is 12.0. The molecule has 0 heterocycles. The molecule has 0 atom stereocenters. The van der Waals surface area contributed by atoms with Crippen LogP contribution in [0, 0.1) is 3.57 Å². The monoisotopic (exact) mass is 478 g/mol. The smallest absolute Gasteiger partial charge is 0.328 e. The number of carbonyl (C=O) groups is 1. The van der Waals surface area contributed by atoms with Crippen LogP contribution in [0.15, 0.2) is 36.4 Å². The molecule has 2 aromatic rings. The summed E-state index contributed by atoms with van der Waals surface area (Å²) in [5.41, 5.74) is 1.38. The van der Waals surface area contributed by atoms with Crippen molar-refractivity contribution in [1.82, 2.24) is 0 Å². The van der Waals surface area contributed by atoms with Crippen molar-refractivity contribution in [2.45, 2.75) is 6.61 Å². The fourth-order valence-corrected chi connectivity index (χ4v) is 3.25. The zero-order chi connectivity index (χ0) is 17.7. The molecule has 0 aliphatic rings. The Bertz CT molecular complexity index is 770. The van der Waals surface area contributed by atoms with Crippen LogP contribution in [0.1, 0.15) is 11.1 Å². The van der Waals surface area contributed by atoms with E-state index in [2.05, 4.69) is 22.6 Å². The number of methoxy groups -OCH3 is 1. The summed E-state index contributed by atoms with van der Waals surface area (Å²) in [5.74, 6) is 0.0225. The van der Waals surface area contributed by atoms with E-state index in [0.717, 1.165) is 9.65 Å². The Morgan fingerprint density at radius 3 is 2.54 bits per heavy atom. The van der Waals surface area contributed by atoms with Gasteiger partial charge < -0.3 is 14.6 Å². The van der Waals surface area contributed by atoms with Crippen LogP contribution < -0.4 is 9.47 Å². The van der Waals surface area contributed by atoms with Gasteiger partial charge in [-0.05, 0) is 58.5 Å². The molecule has 0 saturated carbocycles. The largest absolute Gasteiger partial charge is 0.493 e. The van der Waals surface area contributed by atoms with E-state index < -0.39 is 5.97 Å². The number of ether oxygens (including phenoxy) is 2. The predicted molar refractivity (Wildman–Crippen MR) is 103 cm³/mol. The second kappa shape index (κ2) is 8.60. The number of aliphatic carboxylic acids is 1. The second-order valence-corrected chi connectivity index (χ2v) is 6.67. The van der Waals surface area contributed by atoms with Gasteiger partial charge in [0.25, 0.3) is 0 Å². The summed E-state index contributed by atoms with van der Waals surface area (Å²) in [5, 5.41) is 9.77. The average Bonchev–Trinajstić information content (AvgIpc) is 2.53. The van der Waals surface area contributed by atoms with Gasteiger partial charge in [-0.3, -0.25) is 0 Å². The minimum absolute atomic E-state index is 0.190. The van der Waals surface area contributed by atoms with Crippen LogP contribution in [0.2, 0.25) is 10.0 Å². The third-order valence-corrected chi connectivity index (χ3v) is 4.60. The van der Waals surface area contributed by atoms with Crippen molar-refractivity contribution in [3.05, 3.63) is 61.2 Å². The summed E-state index contributed by atoms with van der Waals surface area (Å²) in [6.45, 7) is 0.190. The van der Waals surface area contributed by atoms with Crippen molar-refractivity contribution in [2.75, 3.05) is 7.11 Å². The fraction of sp³-hybridized carbons (Fsp3) is 0.118. The second-order valence-electron chi connectivity index (χ2n) is 4.69. The molecule has 2 rings (SSSR count). The number of hydrogen-bond acceptors (Lipinski definition) is 3. The van der Waals surface area contributed by atoms with Gasteiger partial charge in [-0.2, -0.15) is 0 Å². The average molecular weight is 479 g/mol. The van der Waals surface area contributed by atoms with Gasteiger partial charge in [-0.1, -0.05) is 29.3 Å². The summed E-state index contributed by atoms with van der Waals surface area (Å²) in [7, 11) is 1.52. The Kier molecular flexibility index (Phi) is 6.77. The first-order valence-electron chi connectivity index (χ1n) is 6.76. The molecule has 1 N–H and O–H groups in total. The van der Waals surface area contributed by atoms with Gasteiger partial charge in [0.2, 0.25) is 0 Å². The molecule has 0 aliphatic heterocycles. The number of rotatable bonds is 6. The number of halogens is 3. The van der Waals surface area contributed by atoms with Gasteiger partial charge in [0.05, 0.1) is 10.7 Å². The third kappa shape index (κ3) is 4.78. The number of hydrogen-bond donors (Lipinski definition) is 1. The van der Waals surface area contributed by atoms with Crippen LogP contribution in [-0.4, -0.2) is 18.2 Å². The molecule has 2 aromatic carbocycles. The van der Waals surface area contributed by atoms with Gasteiger partial charge in [0, 0.05) is 21.7 Å². The standard InChI is InChI=1S/C17H13Cl2IO4/c1-23-15-8-10(5-6-16(21)22)7-14(20)17(15)24-9-11-12(18)3-2-4-13(11)19/h2-8H,9H2,1H3,(H,21,22)/b6-5+.